The highest BCUT2D eigenvalue weighted by Crippen LogP contribution is 2.12. The number of nitrogens with zero attached hydrogens (tertiary/aromatic N) is 3. The van der Waals surface area contributed by atoms with E-state index in [9.17, 15) is 4.79 Å². The van der Waals surface area contributed by atoms with Gasteiger partial charge in [-0.1, -0.05) is 6.07 Å². The van der Waals surface area contributed by atoms with E-state index in [4.69, 9.17) is 5.26 Å². The lowest BCUT2D eigenvalue weighted by atomic mass is 10.2. The van der Waals surface area contributed by atoms with Crippen LogP contribution in [-0.4, -0.2) is 48.4 Å². The Kier molecular flexibility index (Phi) is 4.55. The van der Waals surface area contributed by atoms with E-state index in [0.717, 1.165) is 22.2 Å². The smallest absolute Gasteiger partial charge is 0.253 e. The standard InChI is InChI=1S/C13H14IN3O/c14-12-3-1-2-11(10-12)13(18)17-8-6-16(5-4-15)7-9-17/h1-3,10H,5-9H2. The van der Waals surface area contributed by atoms with Crippen LogP contribution in [0.15, 0.2) is 24.3 Å². The molecule has 2 rings (SSSR count). The Morgan fingerprint density at radius 1 is 1.33 bits per heavy atom. The third-order valence-electron chi connectivity index (χ3n) is 3.03. The van der Waals surface area contributed by atoms with E-state index in [1.54, 1.807) is 0 Å². The third kappa shape index (κ3) is 3.21. The second kappa shape index (κ2) is 6.16. The molecule has 94 valence electrons. The molecule has 1 saturated heterocycles. The summed E-state index contributed by atoms with van der Waals surface area (Å²) in [6.07, 6.45) is 0. The summed E-state index contributed by atoms with van der Waals surface area (Å²) < 4.78 is 1.07. The zero-order valence-corrected chi connectivity index (χ0v) is 12.1. The molecule has 0 N–H and O–H groups in total. The number of rotatable bonds is 2. The summed E-state index contributed by atoms with van der Waals surface area (Å²) in [7, 11) is 0. The lowest BCUT2D eigenvalue weighted by molar-refractivity contribution is 0.0651. The first kappa shape index (κ1) is 13.3. The molecule has 0 unspecified atom stereocenters. The zero-order valence-electron chi connectivity index (χ0n) is 9.97. The number of piperazine rings is 1. The minimum atomic E-state index is 0.0881. The second-order valence-electron chi connectivity index (χ2n) is 4.24. The van der Waals surface area contributed by atoms with Crippen LogP contribution in [0.1, 0.15) is 10.4 Å². The molecule has 0 spiro atoms. The molecule has 18 heavy (non-hydrogen) atoms. The molecule has 0 saturated carbocycles. The van der Waals surface area contributed by atoms with Gasteiger partial charge in [-0.05, 0) is 40.8 Å². The van der Waals surface area contributed by atoms with Crippen LogP contribution in [0.4, 0.5) is 0 Å². The molecule has 0 bridgehead atoms. The summed E-state index contributed by atoms with van der Waals surface area (Å²) in [6, 6.07) is 9.78. The summed E-state index contributed by atoms with van der Waals surface area (Å²) in [5.74, 6) is 0.0881. The molecule has 4 nitrogen and oxygen atoms in total. The molecule has 1 aliphatic heterocycles. The van der Waals surface area contributed by atoms with Crippen molar-refractivity contribution in [1.82, 2.24) is 9.80 Å². The zero-order chi connectivity index (χ0) is 13.0. The predicted octanol–water partition coefficient (Wildman–Crippen LogP) is 1.57. The van der Waals surface area contributed by atoms with Crippen molar-refractivity contribution in [2.45, 2.75) is 0 Å². The Bertz CT molecular complexity index is 475. The highest BCUT2D eigenvalue weighted by atomic mass is 127. The largest absolute Gasteiger partial charge is 0.336 e. The molecule has 1 heterocycles. The Morgan fingerprint density at radius 3 is 2.67 bits per heavy atom. The van der Waals surface area contributed by atoms with Crippen LogP contribution in [0.2, 0.25) is 0 Å². The molecule has 0 aromatic heterocycles. The molecule has 0 aliphatic carbocycles. The first-order chi connectivity index (χ1) is 8.70. The quantitative estimate of drug-likeness (QED) is 0.598. The second-order valence-corrected chi connectivity index (χ2v) is 5.48. The highest BCUT2D eigenvalue weighted by Gasteiger charge is 2.21. The Balaban J connectivity index is 1.98. The molecule has 1 aromatic carbocycles. The van der Waals surface area contributed by atoms with Gasteiger partial charge in [0.05, 0.1) is 12.6 Å². The SMILES string of the molecule is N#CCN1CCN(C(=O)c2cccc(I)c2)CC1. The van der Waals surface area contributed by atoms with E-state index in [2.05, 4.69) is 33.6 Å². The topological polar surface area (TPSA) is 47.3 Å². The van der Waals surface area contributed by atoms with Crippen molar-refractivity contribution < 1.29 is 4.79 Å². The van der Waals surface area contributed by atoms with Gasteiger partial charge in [0.2, 0.25) is 0 Å². The average molecular weight is 355 g/mol. The van der Waals surface area contributed by atoms with Crippen molar-refractivity contribution in [2.24, 2.45) is 0 Å². The van der Waals surface area contributed by atoms with E-state index >= 15 is 0 Å². The van der Waals surface area contributed by atoms with Gasteiger partial charge in [-0.15, -0.1) is 0 Å². The number of carbonyl (C=O) groups excluding carboxylic acids is 1. The monoisotopic (exact) mass is 355 g/mol. The Hall–Kier alpha value is -1.13. The van der Waals surface area contributed by atoms with Crippen molar-refractivity contribution in [1.29, 1.82) is 5.26 Å². The van der Waals surface area contributed by atoms with Gasteiger partial charge in [0.25, 0.3) is 5.91 Å². The fourth-order valence-corrected chi connectivity index (χ4v) is 2.56. The number of halogens is 1. The maximum atomic E-state index is 12.3. The summed E-state index contributed by atoms with van der Waals surface area (Å²) >= 11 is 2.21. The van der Waals surface area contributed by atoms with Gasteiger partial charge in [-0.25, -0.2) is 0 Å². The third-order valence-corrected chi connectivity index (χ3v) is 3.70. The van der Waals surface area contributed by atoms with Crippen LogP contribution in [0.5, 0.6) is 0 Å². The Labute approximate surface area is 120 Å². The van der Waals surface area contributed by atoms with E-state index < -0.39 is 0 Å². The number of hydrogen-bond donors (Lipinski definition) is 0. The number of hydrogen-bond acceptors (Lipinski definition) is 3. The van der Waals surface area contributed by atoms with Crippen molar-refractivity contribution in [3.8, 4) is 6.07 Å². The molecule has 1 amide bonds. The van der Waals surface area contributed by atoms with Crippen LogP contribution >= 0.6 is 22.6 Å². The summed E-state index contributed by atoms with van der Waals surface area (Å²) in [6.45, 7) is 3.41. The minimum absolute atomic E-state index is 0.0881. The van der Waals surface area contributed by atoms with Gasteiger partial charge >= 0.3 is 0 Å². The number of nitriles is 1. The van der Waals surface area contributed by atoms with Gasteiger partial charge in [-0.3, -0.25) is 9.69 Å². The van der Waals surface area contributed by atoms with Gasteiger partial charge < -0.3 is 4.90 Å². The molecule has 1 aromatic rings. The molecule has 0 radical (unpaired) electrons. The fourth-order valence-electron chi connectivity index (χ4n) is 2.01. The van der Waals surface area contributed by atoms with E-state index in [1.165, 1.54) is 0 Å². The molecule has 1 fully saturated rings. The average Bonchev–Trinajstić information content (AvgIpc) is 2.39. The minimum Gasteiger partial charge on any atom is -0.336 e. The van der Waals surface area contributed by atoms with Crippen LogP contribution < -0.4 is 0 Å². The van der Waals surface area contributed by atoms with Crippen molar-refractivity contribution >= 4 is 28.5 Å². The fraction of sp³-hybridized carbons (Fsp3) is 0.385. The normalized spacial score (nSPS) is 16.3. The van der Waals surface area contributed by atoms with Gasteiger partial charge in [0.1, 0.15) is 0 Å². The van der Waals surface area contributed by atoms with Gasteiger partial charge in [0, 0.05) is 35.3 Å². The highest BCUT2D eigenvalue weighted by molar-refractivity contribution is 14.1. The number of benzene rings is 1. The molecule has 1 aliphatic rings. The number of carbonyl (C=O) groups is 1. The van der Waals surface area contributed by atoms with Crippen LogP contribution in [-0.2, 0) is 0 Å². The molecular weight excluding hydrogens is 341 g/mol. The van der Waals surface area contributed by atoms with Crippen molar-refractivity contribution in [3.05, 3.63) is 33.4 Å². The van der Waals surface area contributed by atoms with Gasteiger partial charge in [0.15, 0.2) is 0 Å². The van der Waals surface area contributed by atoms with Crippen molar-refractivity contribution in [3.63, 3.8) is 0 Å². The van der Waals surface area contributed by atoms with E-state index in [0.29, 0.717) is 19.6 Å². The van der Waals surface area contributed by atoms with E-state index in [-0.39, 0.29) is 5.91 Å². The summed E-state index contributed by atoms with van der Waals surface area (Å²) in [5, 5.41) is 8.63. The first-order valence-electron chi connectivity index (χ1n) is 5.85. The van der Waals surface area contributed by atoms with Gasteiger partial charge in [-0.2, -0.15) is 5.26 Å². The number of amides is 1. The molecule has 0 atom stereocenters. The van der Waals surface area contributed by atoms with Crippen LogP contribution in [0, 0.1) is 14.9 Å². The van der Waals surface area contributed by atoms with Crippen molar-refractivity contribution in [2.75, 3.05) is 32.7 Å². The summed E-state index contributed by atoms with van der Waals surface area (Å²) in [4.78, 5) is 16.2. The lowest BCUT2D eigenvalue weighted by Crippen LogP contribution is -2.48. The summed E-state index contributed by atoms with van der Waals surface area (Å²) in [5.41, 5.74) is 0.746. The lowest BCUT2D eigenvalue weighted by Gasteiger charge is -2.33. The van der Waals surface area contributed by atoms with Crippen LogP contribution in [0.25, 0.3) is 0 Å². The van der Waals surface area contributed by atoms with Crippen LogP contribution in [0.3, 0.4) is 0 Å². The predicted molar refractivity (Wildman–Crippen MR) is 77.1 cm³/mol. The Morgan fingerprint density at radius 2 is 2.06 bits per heavy atom. The first-order valence-corrected chi connectivity index (χ1v) is 6.93. The maximum absolute atomic E-state index is 12.3. The van der Waals surface area contributed by atoms with E-state index in [1.807, 2.05) is 29.2 Å². The molecular formula is C13H14IN3O. The maximum Gasteiger partial charge on any atom is 0.253 e. The molecule has 5 heteroatoms.